The number of likely N-dealkylation sites (N-methyl/N-ethyl adjacent to an activating group) is 1. The van der Waals surface area contributed by atoms with Crippen molar-refractivity contribution in [2.45, 2.75) is 12.5 Å². The number of nitrogens with one attached hydrogen (secondary N) is 1. The lowest BCUT2D eigenvalue weighted by atomic mass is 10.1. The van der Waals surface area contributed by atoms with E-state index in [1.54, 1.807) is 0 Å². The summed E-state index contributed by atoms with van der Waals surface area (Å²) in [5.41, 5.74) is 5.32. The molecule has 1 atom stereocenters. The monoisotopic (exact) mass is 343 g/mol. The largest absolute Gasteiger partial charge is 0.396 e. The lowest BCUT2D eigenvalue weighted by molar-refractivity contribution is -0.137. The highest BCUT2D eigenvalue weighted by Crippen LogP contribution is 2.23. The van der Waals surface area contributed by atoms with Crippen LogP contribution < -0.4 is 11.1 Å². The molecule has 0 aliphatic carbocycles. The van der Waals surface area contributed by atoms with Crippen molar-refractivity contribution in [2.75, 3.05) is 12.8 Å². The third kappa shape index (κ3) is 2.51. The number of amides is 3. The number of carbonyl (C=O) groups is 3. The molecule has 1 aromatic rings. The molecule has 6 nitrogen and oxygen atoms in total. The molecule has 8 heteroatoms. The third-order valence-corrected chi connectivity index (χ3v) is 3.67. The zero-order chi connectivity index (χ0) is 15.0. The average molecular weight is 344 g/mol. The lowest BCUT2D eigenvalue weighted by Crippen LogP contribution is -2.40. The second-order valence-corrected chi connectivity index (χ2v) is 5.23. The first kappa shape index (κ1) is 14.4. The van der Waals surface area contributed by atoms with Crippen molar-refractivity contribution in [2.24, 2.45) is 0 Å². The molecule has 20 heavy (non-hydrogen) atoms. The summed E-state index contributed by atoms with van der Waals surface area (Å²) in [6.45, 7) is 0. The topological polar surface area (TPSA) is 92.5 Å². The van der Waals surface area contributed by atoms with E-state index in [1.807, 2.05) is 0 Å². The number of nitrogens with zero attached hydrogens (tertiary/aromatic N) is 1. The first-order chi connectivity index (χ1) is 9.31. The highest BCUT2D eigenvalue weighted by atomic mass is 79.9. The molecule has 2 rings (SSSR count). The minimum Gasteiger partial charge on any atom is -0.396 e. The Bertz CT molecular complexity index is 620. The Hall–Kier alpha value is -1.96. The van der Waals surface area contributed by atoms with E-state index in [2.05, 4.69) is 21.2 Å². The van der Waals surface area contributed by atoms with Crippen LogP contribution in [0.1, 0.15) is 16.8 Å². The number of rotatable bonds is 2. The van der Waals surface area contributed by atoms with E-state index in [4.69, 9.17) is 5.73 Å². The minimum absolute atomic E-state index is 0.0879. The van der Waals surface area contributed by atoms with Crippen LogP contribution in [0.3, 0.4) is 0 Å². The highest BCUT2D eigenvalue weighted by molar-refractivity contribution is 9.10. The van der Waals surface area contributed by atoms with Gasteiger partial charge in [-0.3, -0.25) is 19.3 Å². The maximum Gasteiger partial charge on any atom is 0.253 e. The minimum atomic E-state index is -0.904. The standard InChI is InChI=1S/C12H11BrFN3O3/c1-17-10(18)4-9(12(17)20)16-11(19)5-2-8(15)7(14)3-6(5)13/h2-3,9H,4,15H2,1H3,(H,16,19). The van der Waals surface area contributed by atoms with Crippen molar-refractivity contribution in [1.29, 1.82) is 0 Å². The molecule has 1 fully saturated rings. The number of carbonyl (C=O) groups excluding carboxylic acids is 3. The molecular formula is C12H11BrFN3O3. The Morgan fingerprint density at radius 3 is 2.70 bits per heavy atom. The summed E-state index contributed by atoms with van der Waals surface area (Å²) in [6.07, 6.45) is -0.0879. The molecule has 0 saturated carbocycles. The number of hydrogen-bond acceptors (Lipinski definition) is 4. The second-order valence-electron chi connectivity index (χ2n) is 4.37. The van der Waals surface area contributed by atoms with E-state index < -0.39 is 23.7 Å². The summed E-state index contributed by atoms with van der Waals surface area (Å²) in [5, 5.41) is 2.43. The molecule has 1 unspecified atom stereocenters. The van der Waals surface area contributed by atoms with Gasteiger partial charge in [0.05, 0.1) is 17.7 Å². The van der Waals surface area contributed by atoms with Gasteiger partial charge in [-0.1, -0.05) is 0 Å². The van der Waals surface area contributed by atoms with Gasteiger partial charge in [-0.2, -0.15) is 0 Å². The molecule has 3 N–H and O–H groups in total. The lowest BCUT2D eigenvalue weighted by Gasteiger charge is -2.12. The Morgan fingerprint density at radius 1 is 1.50 bits per heavy atom. The molecule has 1 aliphatic heterocycles. The molecular weight excluding hydrogens is 333 g/mol. The number of halogens is 2. The molecule has 0 radical (unpaired) electrons. The maximum absolute atomic E-state index is 13.2. The molecule has 0 bridgehead atoms. The number of likely N-dealkylation sites (tertiary alicyclic amines) is 1. The van der Waals surface area contributed by atoms with Gasteiger partial charge in [-0.05, 0) is 28.1 Å². The fourth-order valence-electron chi connectivity index (χ4n) is 1.84. The van der Waals surface area contributed by atoms with Crippen LogP contribution in [0, 0.1) is 5.82 Å². The number of benzene rings is 1. The predicted molar refractivity (Wildman–Crippen MR) is 72.2 cm³/mol. The van der Waals surface area contributed by atoms with E-state index in [0.29, 0.717) is 0 Å². The van der Waals surface area contributed by atoms with Gasteiger partial charge < -0.3 is 11.1 Å². The Balaban J connectivity index is 2.20. The van der Waals surface area contributed by atoms with Crippen molar-refractivity contribution in [3.63, 3.8) is 0 Å². The molecule has 1 aliphatic rings. The van der Waals surface area contributed by atoms with E-state index >= 15 is 0 Å². The fourth-order valence-corrected chi connectivity index (χ4v) is 2.34. The fraction of sp³-hybridized carbons (Fsp3) is 0.250. The number of hydrogen-bond donors (Lipinski definition) is 2. The van der Waals surface area contributed by atoms with Gasteiger partial charge in [0.2, 0.25) is 5.91 Å². The van der Waals surface area contributed by atoms with E-state index in [1.165, 1.54) is 13.1 Å². The first-order valence-corrected chi connectivity index (χ1v) is 6.46. The summed E-state index contributed by atoms with van der Waals surface area (Å²) in [7, 11) is 1.35. The second kappa shape index (κ2) is 5.20. The highest BCUT2D eigenvalue weighted by Gasteiger charge is 2.37. The van der Waals surface area contributed by atoms with E-state index in [0.717, 1.165) is 11.0 Å². The first-order valence-electron chi connectivity index (χ1n) is 5.67. The van der Waals surface area contributed by atoms with Gasteiger partial charge >= 0.3 is 0 Å². The zero-order valence-corrected chi connectivity index (χ0v) is 12.0. The van der Waals surface area contributed by atoms with Crippen molar-refractivity contribution in [1.82, 2.24) is 10.2 Å². The van der Waals surface area contributed by atoms with Crippen LogP contribution >= 0.6 is 15.9 Å². The van der Waals surface area contributed by atoms with Crippen LogP contribution in [0.25, 0.3) is 0 Å². The maximum atomic E-state index is 13.2. The van der Waals surface area contributed by atoms with Gasteiger partial charge in [-0.25, -0.2) is 4.39 Å². The normalized spacial score (nSPS) is 18.6. The number of nitrogen functional groups attached to an aromatic ring is 1. The van der Waals surface area contributed by atoms with Crippen molar-refractivity contribution >= 4 is 39.3 Å². The summed E-state index contributed by atoms with van der Waals surface area (Å²) < 4.78 is 13.4. The Labute approximate surface area is 122 Å². The average Bonchev–Trinajstić information content (AvgIpc) is 2.61. The van der Waals surface area contributed by atoms with Crippen molar-refractivity contribution in [3.05, 3.63) is 28.0 Å². The van der Waals surface area contributed by atoms with Crippen LogP contribution in [0.15, 0.2) is 16.6 Å². The predicted octanol–water partition coefficient (Wildman–Crippen LogP) is 0.657. The molecule has 3 amide bonds. The van der Waals surface area contributed by atoms with Crippen molar-refractivity contribution in [3.8, 4) is 0 Å². The molecule has 1 heterocycles. The summed E-state index contributed by atoms with van der Waals surface area (Å²) in [5.74, 6) is -2.10. The summed E-state index contributed by atoms with van der Waals surface area (Å²) >= 11 is 3.05. The number of anilines is 1. The quantitative estimate of drug-likeness (QED) is 0.609. The van der Waals surface area contributed by atoms with Crippen molar-refractivity contribution < 1.29 is 18.8 Å². The zero-order valence-electron chi connectivity index (χ0n) is 10.4. The Kier molecular flexibility index (Phi) is 3.76. The third-order valence-electron chi connectivity index (χ3n) is 3.02. The van der Waals surface area contributed by atoms with Gasteiger partial charge in [0.25, 0.3) is 11.8 Å². The molecule has 0 spiro atoms. The summed E-state index contributed by atoms with van der Waals surface area (Å²) in [6, 6.07) is 1.33. The summed E-state index contributed by atoms with van der Waals surface area (Å²) in [4.78, 5) is 36.0. The van der Waals surface area contributed by atoms with Gasteiger partial charge in [0.15, 0.2) is 0 Å². The van der Waals surface area contributed by atoms with Gasteiger partial charge in [0, 0.05) is 11.5 Å². The molecule has 0 aromatic heterocycles. The van der Waals surface area contributed by atoms with Crippen LogP contribution in [-0.4, -0.2) is 35.7 Å². The van der Waals surface area contributed by atoms with E-state index in [9.17, 15) is 18.8 Å². The number of imide groups is 1. The van der Waals surface area contributed by atoms with Gasteiger partial charge in [0.1, 0.15) is 11.9 Å². The van der Waals surface area contributed by atoms with Crippen LogP contribution in [0.5, 0.6) is 0 Å². The van der Waals surface area contributed by atoms with Crippen LogP contribution in [0.4, 0.5) is 10.1 Å². The number of nitrogens with two attached hydrogens (primary N) is 1. The smallest absolute Gasteiger partial charge is 0.253 e. The molecule has 106 valence electrons. The molecule has 1 aromatic carbocycles. The van der Waals surface area contributed by atoms with Gasteiger partial charge in [-0.15, -0.1) is 0 Å². The Morgan fingerprint density at radius 2 is 2.15 bits per heavy atom. The van der Waals surface area contributed by atoms with Crippen LogP contribution in [-0.2, 0) is 9.59 Å². The van der Waals surface area contributed by atoms with E-state index in [-0.39, 0.29) is 28.1 Å². The van der Waals surface area contributed by atoms with Crippen LogP contribution in [0.2, 0.25) is 0 Å². The SMILES string of the molecule is CN1C(=O)CC(NC(=O)c2cc(N)c(F)cc2Br)C1=O. The molecule has 1 saturated heterocycles.